The van der Waals surface area contributed by atoms with Crippen LogP contribution in [0.25, 0.3) is 0 Å². The second kappa shape index (κ2) is 9.15. The van der Waals surface area contributed by atoms with E-state index in [2.05, 4.69) is 12.4 Å². The summed E-state index contributed by atoms with van der Waals surface area (Å²) in [5, 5.41) is 2.62. The van der Waals surface area contributed by atoms with Gasteiger partial charge in [-0.3, -0.25) is 9.59 Å². The number of amides is 1. The fourth-order valence-electron chi connectivity index (χ4n) is 2.89. The van der Waals surface area contributed by atoms with E-state index in [0.717, 1.165) is 30.0 Å². The Morgan fingerprint density at radius 1 is 1.04 bits per heavy atom. The Hall–Kier alpha value is -2.66. The van der Waals surface area contributed by atoms with Gasteiger partial charge < -0.3 is 15.0 Å². The molecule has 0 aliphatic carbocycles. The van der Waals surface area contributed by atoms with Crippen molar-refractivity contribution < 1.29 is 19.2 Å². The number of hydrogen-bond acceptors (Lipinski definition) is 3. The van der Waals surface area contributed by atoms with Gasteiger partial charge in [-0.15, -0.1) is 0 Å². The van der Waals surface area contributed by atoms with Gasteiger partial charge in [-0.25, -0.2) is 0 Å². The lowest BCUT2D eigenvalue weighted by Gasteiger charge is -2.17. The van der Waals surface area contributed by atoms with Crippen LogP contribution in [-0.4, -0.2) is 32.4 Å². The van der Waals surface area contributed by atoms with Gasteiger partial charge in [-0.2, -0.15) is 0 Å². The van der Waals surface area contributed by atoms with E-state index in [-0.39, 0.29) is 11.7 Å². The van der Waals surface area contributed by atoms with Crippen molar-refractivity contribution in [2.45, 2.75) is 26.9 Å². The summed E-state index contributed by atoms with van der Waals surface area (Å²) in [5.41, 5.74) is 3.53. The maximum atomic E-state index is 11.7. The SMILES string of the molecule is CCOc1ccc(C(C)=O)cc1C[NH+](C)Cc1ccc(C(=O)NC)cc1. The third-order valence-corrected chi connectivity index (χ3v) is 4.21. The van der Waals surface area contributed by atoms with Gasteiger partial charge in [0.05, 0.1) is 13.7 Å². The molecule has 5 nitrogen and oxygen atoms in total. The Kier molecular flexibility index (Phi) is 6.92. The molecule has 0 radical (unpaired) electrons. The summed E-state index contributed by atoms with van der Waals surface area (Å²) < 4.78 is 5.71. The number of carbonyl (C=O) groups is 2. The number of ketones is 1. The molecular formula is C21H27N2O3+. The van der Waals surface area contributed by atoms with Crippen LogP contribution in [0.15, 0.2) is 42.5 Å². The van der Waals surface area contributed by atoms with E-state index < -0.39 is 0 Å². The summed E-state index contributed by atoms with van der Waals surface area (Å²) in [6, 6.07) is 13.2. The minimum atomic E-state index is -0.0837. The predicted octanol–water partition coefficient (Wildman–Crippen LogP) is 1.86. The highest BCUT2D eigenvalue weighted by Gasteiger charge is 2.13. The third kappa shape index (κ3) is 5.17. The van der Waals surface area contributed by atoms with Gasteiger partial charge in [0.1, 0.15) is 18.8 Å². The lowest BCUT2D eigenvalue weighted by molar-refractivity contribution is -0.907. The first-order valence-electron chi connectivity index (χ1n) is 8.83. The number of benzene rings is 2. The number of nitrogens with one attached hydrogen (secondary N) is 2. The second-order valence-electron chi connectivity index (χ2n) is 6.40. The predicted molar refractivity (Wildman–Crippen MR) is 102 cm³/mol. The highest BCUT2D eigenvalue weighted by atomic mass is 16.5. The van der Waals surface area contributed by atoms with Crippen molar-refractivity contribution in [3.8, 4) is 5.75 Å². The highest BCUT2D eigenvalue weighted by molar-refractivity contribution is 5.94. The van der Waals surface area contributed by atoms with E-state index in [1.54, 1.807) is 14.0 Å². The van der Waals surface area contributed by atoms with Gasteiger partial charge in [-0.05, 0) is 44.2 Å². The number of Topliss-reactive ketones (excluding diaryl/α,β-unsaturated/α-hetero) is 1. The molecule has 1 unspecified atom stereocenters. The number of ether oxygens (including phenoxy) is 1. The van der Waals surface area contributed by atoms with Gasteiger partial charge in [0.25, 0.3) is 5.91 Å². The second-order valence-corrected chi connectivity index (χ2v) is 6.40. The van der Waals surface area contributed by atoms with Crippen LogP contribution in [0.5, 0.6) is 5.75 Å². The third-order valence-electron chi connectivity index (χ3n) is 4.21. The largest absolute Gasteiger partial charge is 0.493 e. The van der Waals surface area contributed by atoms with Crippen LogP contribution in [-0.2, 0) is 13.1 Å². The summed E-state index contributed by atoms with van der Waals surface area (Å²) in [7, 11) is 3.72. The standard InChI is InChI=1S/C21H26N2O3/c1-5-26-20-11-10-18(15(2)24)12-19(20)14-23(4)13-16-6-8-17(9-7-16)21(25)22-3/h6-12H,5,13-14H2,1-4H3,(H,22,25)/p+1. The molecule has 0 bridgehead atoms. The van der Waals surface area contributed by atoms with Gasteiger partial charge in [0, 0.05) is 29.3 Å². The molecule has 0 aliphatic rings. The van der Waals surface area contributed by atoms with E-state index in [1.807, 2.05) is 49.4 Å². The molecule has 138 valence electrons. The van der Waals surface area contributed by atoms with Gasteiger partial charge in [0.2, 0.25) is 0 Å². The van der Waals surface area contributed by atoms with Crippen molar-refractivity contribution >= 4 is 11.7 Å². The molecule has 0 fully saturated rings. The molecule has 0 spiro atoms. The molecule has 1 amide bonds. The summed E-state index contributed by atoms with van der Waals surface area (Å²) in [6.45, 7) is 5.67. The lowest BCUT2D eigenvalue weighted by atomic mass is 10.1. The van der Waals surface area contributed by atoms with Gasteiger partial charge >= 0.3 is 0 Å². The maximum Gasteiger partial charge on any atom is 0.251 e. The van der Waals surface area contributed by atoms with Crippen LogP contribution in [0.2, 0.25) is 0 Å². The number of hydrogen-bond donors (Lipinski definition) is 2. The molecule has 5 heteroatoms. The summed E-state index contributed by atoms with van der Waals surface area (Å²) in [4.78, 5) is 24.6. The Bertz CT molecular complexity index is 769. The fourth-order valence-corrected chi connectivity index (χ4v) is 2.89. The molecule has 2 aromatic carbocycles. The van der Waals surface area contributed by atoms with Crippen LogP contribution >= 0.6 is 0 Å². The van der Waals surface area contributed by atoms with E-state index in [4.69, 9.17) is 4.74 Å². The minimum absolute atomic E-state index is 0.0525. The van der Waals surface area contributed by atoms with Crippen LogP contribution in [0.3, 0.4) is 0 Å². The molecular weight excluding hydrogens is 328 g/mol. The highest BCUT2D eigenvalue weighted by Crippen LogP contribution is 2.20. The number of quaternary nitrogens is 1. The fraction of sp³-hybridized carbons (Fsp3) is 0.333. The Labute approximate surface area is 155 Å². The molecule has 0 aromatic heterocycles. The molecule has 1 atom stereocenters. The molecule has 0 aliphatic heterocycles. The first-order valence-corrected chi connectivity index (χ1v) is 8.83. The van der Waals surface area contributed by atoms with Crippen molar-refractivity contribution in [1.29, 1.82) is 0 Å². The van der Waals surface area contributed by atoms with Gasteiger partial charge in [0.15, 0.2) is 5.78 Å². The van der Waals surface area contributed by atoms with Crippen LogP contribution in [0.1, 0.15) is 45.7 Å². The number of rotatable bonds is 8. The Morgan fingerprint density at radius 3 is 2.27 bits per heavy atom. The summed E-state index contributed by atoms with van der Waals surface area (Å²) >= 11 is 0. The van der Waals surface area contributed by atoms with E-state index in [1.165, 1.54) is 4.90 Å². The van der Waals surface area contributed by atoms with Gasteiger partial charge in [-0.1, -0.05) is 12.1 Å². The monoisotopic (exact) mass is 355 g/mol. The van der Waals surface area contributed by atoms with Crippen molar-refractivity contribution in [3.63, 3.8) is 0 Å². The van der Waals surface area contributed by atoms with Crippen molar-refractivity contribution in [3.05, 3.63) is 64.7 Å². The Balaban J connectivity index is 2.11. The molecule has 2 N–H and O–H groups in total. The topological polar surface area (TPSA) is 59.8 Å². The molecule has 0 saturated heterocycles. The average Bonchev–Trinajstić information content (AvgIpc) is 2.63. The normalized spacial score (nSPS) is 11.7. The zero-order valence-electron chi connectivity index (χ0n) is 15.9. The molecule has 2 aromatic rings. The van der Waals surface area contributed by atoms with Crippen LogP contribution < -0.4 is 15.0 Å². The van der Waals surface area contributed by atoms with E-state index in [0.29, 0.717) is 17.7 Å². The van der Waals surface area contributed by atoms with Crippen LogP contribution in [0, 0.1) is 0 Å². The summed E-state index contributed by atoms with van der Waals surface area (Å²) in [5.74, 6) is 0.795. The zero-order chi connectivity index (χ0) is 19.1. The maximum absolute atomic E-state index is 11.7. The number of carbonyl (C=O) groups excluding carboxylic acids is 2. The lowest BCUT2D eigenvalue weighted by Crippen LogP contribution is -3.06. The van der Waals surface area contributed by atoms with Crippen molar-refractivity contribution in [2.24, 2.45) is 0 Å². The molecule has 0 heterocycles. The van der Waals surface area contributed by atoms with E-state index in [9.17, 15) is 9.59 Å². The smallest absolute Gasteiger partial charge is 0.251 e. The Morgan fingerprint density at radius 2 is 1.69 bits per heavy atom. The average molecular weight is 355 g/mol. The first-order chi connectivity index (χ1) is 12.4. The van der Waals surface area contributed by atoms with Crippen molar-refractivity contribution in [2.75, 3.05) is 20.7 Å². The molecule has 26 heavy (non-hydrogen) atoms. The molecule has 0 saturated carbocycles. The first kappa shape index (κ1) is 19.7. The van der Waals surface area contributed by atoms with Crippen molar-refractivity contribution in [1.82, 2.24) is 5.32 Å². The minimum Gasteiger partial charge on any atom is -0.493 e. The van der Waals surface area contributed by atoms with Crippen LogP contribution in [0.4, 0.5) is 0 Å². The van der Waals surface area contributed by atoms with E-state index >= 15 is 0 Å². The quantitative estimate of drug-likeness (QED) is 0.711. The summed E-state index contributed by atoms with van der Waals surface area (Å²) in [6.07, 6.45) is 0. The molecule has 2 rings (SSSR count). The zero-order valence-corrected chi connectivity index (χ0v) is 15.9.